The van der Waals surface area contributed by atoms with Crippen molar-refractivity contribution in [2.45, 2.75) is 30.5 Å². The van der Waals surface area contributed by atoms with E-state index in [-0.39, 0.29) is 11.3 Å². The number of carbonyl (C=O) groups excluding carboxylic acids is 2. The van der Waals surface area contributed by atoms with Crippen molar-refractivity contribution in [3.05, 3.63) is 77.4 Å². The molecule has 154 valence electrons. The van der Waals surface area contributed by atoms with Crippen molar-refractivity contribution in [2.75, 3.05) is 5.75 Å². The summed E-state index contributed by atoms with van der Waals surface area (Å²) >= 11 is 1.24. The summed E-state index contributed by atoms with van der Waals surface area (Å²) in [5.41, 5.74) is 5.53. The zero-order valence-electron chi connectivity index (χ0n) is 16.0. The summed E-state index contributed by atoms with van der Waals surface area (Å²) in [5, 5.41) is 9.23. The summed E-state index contributed by atoms with van der Waals surface area (Å²) in [5.74, 6) is -0.393. The number of nitrogens with zero attached hydrogens (tertiary/aromatic N) is 3. The van der Waals surface area contributed by atoms with E-state index in [0.29, 0.717) is 17.6 Å². The number of thioether (sulfide) groups is 1. The van der Waals surface area contributed by atoms with Gasteiger partial charge in [0.15, 0.2) is 5.16 Å². The van der Waals surface area contributed by atoms with Crippen molar-refractivity contribution >= 4 is 23.6 Å². The molecule has 2 aromatic carbocycles. The lowest BCUT2D eigenvalue weighted by molar-refractivity contribution is -0.119. The van der Waals surface area contributed by atoms with Gasteiger partial charge in [0.1, 0.15) is 11.6 Å². The molecule has 0 aliphatic heterocycles. The van der Waals surface area contributed by atoms with Crippen LogP contribution in [-0.2, 0) is 11.3 Å². The van der Waals surface area contributed by atoms with Crippen LogP contribution in [0.2, 0.25) is 0 Å². The summed E-state index contributed by atoms with van der Waals surface area (Å²) in [4.78, 5) is 24.1. The molecule has 0 unspecified atom stereocenters. The maximum atomic E-state index is 13.6. The van der Waals surface area contributed by atoms with Crippen LogP contribution in [0.15, 0.2) is 59.8 Å². The summed E-state index contributed by atoms with van der Waals surface area (Å²) in [6, 6.07) is 15.6. The monoisotopic (exact) mass is 425 g/mol. The Balaban J connectivity index is 1.36. The summed E-state index contributed by atoms with van der Waals surface area (Å²) in [6.45, 7) is 0.633. The maximum Gasteiger partial charge on any atom is 0.272 e. The van der Waals surface area contributed by atoms with Crippen molar-refractivity contribution in [3.8, 4) is 0 Å². The molecule has 1 saturated carbocycles. The first kappa shape index (κ1) is 20.1. The van der Waals surface area contributed by atoms with E-state index in [1.54, 1.807) is 6.07 Å². The second kappa shape index (κ2) is 9.08. The van der Waals surface area contributed by atoms with Gasteiger partial charge in [-0.25, -0.2) is 4.39 Å². The Morgan fingerprint density at radius 3 is 2.50 bits per heavy atom. The molecular formula is C21H20FN5O2S. The number of nitrogens with one attached hydrogen (secondary N) is 2. The van der Waals surface area contributed by atoms with Gasteiger partial charge in [-0.1, -0.05) is 54.2 Å². The van der Waals surface area contributed by atoms with E-state index in [4.69, 9.17) is 0 Å². The molecule has 0 spiro atoms. The molecule has 7 nitrogen and oxygen atoms in total. The van der Waals surface area contributed by atoms with Crippen LogP contribution in [0, 0.1) is 5.82 Å². The van der Waals surface area contributed by atoms with E-state index in [9.17, 15) is 14.0 Å². The van der Waals surface area contributed by atoms with Crippen LogP contribution in [0.1, 0.15) is 40.5 Å². The topological polar surface area (TPSA) is 88.9 Å². The number of carbonyl (C=O) groups is 2. The standard InChI is InChI=1S/C21H20FN5O2S/c22-17-9-5-4-8-16(17)20(29)25-23-18(28)13-30-21-26-24-19(15-10-11-15)27(21)12-14-6-2-1-3-7-14/h1-9,15H,10-13H2,(H,23,28)(H,25,29). The average molecular weight is 425 g/mol. The van der Waals surface area contributed by atoms with Gasteiger partial charge in [-0.05, 0) is 30.5 Å². The third kappa shape index (κ3) is 4.85. The molecule has 3 aromatic rings. The molecule has 4 rings (SSSR count). The molecule has 9 heteroatoms. The predicted molar refractivity (Wildman–Crippen MR) is 110 cm³/mol. The minimum atomic E-state index is -0.713. The second-order valence-corrected chi connectivity index (χ2v) is 7.90. The molecule has 0 atom stereocenters. The minimum absolute atomic E-state index is 0.0368. The lowest BCUT2D eigenvalue weighted by Crippen LogP contribution is -2.42. The Morgan fingerprint density at radius 1 is 1.03 bits per heavy atom. The first-order valence-corrected chi connectivity index (χ1v) is 10.5. The molecule has 0 bridgehead atoms. The van der Waals surface area contributed by atoms with Crippen LogP contribution in [-0.4, -0.2) is 32.3 Å². The molecule has 1 aliphatic carbocycles. The summed E-state index contributed by atoms with van der Waals surface area (Å²) < 4.78 is 15.7. The number of hydrazine groups is 1. The van der Waals surface area contributed by atoms with Crippen molar-refractivity contribution in [1.82, 2.24) is 25.6 Å². The molecule has 1 aliphatic rings. The molecule has 1 aromatic heterocycles. The molecule has 1 heterocycles. The van der Waals surface area contributed by atoms with E-state index in [2.05, 4.69) is 21.0 Å². The van der Waals surface area contributed by atoms with Gasteiger partial charge in [0.05, 0.1) is 17.9 Å². The van der Waals surface area contributed by atoms with Gasteiger partial charge in [-0.3, -0.25) is 20.4 Å². The number of benzene rings is 2. The Bertz CT molecular complexity index is 1050. The Hall–Kier alpha value is -3.20. The quantitative estimate of drug-likeness (QED) is 0.449. The molecule has 2 amide bonds. The predicted octanol–water partition coefficient (Wildman–Crippen LogP) is 2.90. The number of hydrogen-bond donors (Lipinski definition) is 2. The lowest BCUT2D eigenvalue weighted by Gasteiger charge is -2.10. The van der Waals surface area contributed by atoms with Crippen LogP contribution in [0.5, 0.6) is 0 Å². The van der Waals surface area contributed by atoms with Crippen molar-refractivity contribution in [3.63, 3.8) is 0 Å². The number of halogens is 1. The molecule has 30 heavy (non-hydrogen) atoms. The first-order chi connectivity index (χ1) is 14.6. The van der Waals surface area contributed by atoms with Crippen molar-refractivity contribution in [1.29, 1.82) is 0 Å². The molecule has 1 fully saturated rings. The number of amides is 2. The van der Waals surface area contributed by atoms with Crippen LogP contribution in [0.3, 0.4) is 0 Å². The third-order valence-corrected chi connectivity index (χ3v) is 5.60. The van der Waals surface area contributed by atoms with Crippen LogP contribution >= 0.6 is 11.8 Å². The minimum Gasteiger partial charge on any atom is -0.301 e. The highest BCUT2D eigenvalue weighted by molar-refractivity contribution is 7.99. The summed E-state index contributed by atoms with van der Waals surface area (Å²) in [6.07, 6.45) is 2.19. The van der Waals surface area contributed by atoms with Gasteiger partial charge >= 0.3 is 0 Å². The Morgan fingerprint density at radius 2 is 1.77 bits per heavy atom. The normalized spacial score (nSPS) is 13.1. The molecular weight excluding hydrogens is 405 g/mol. The fourth-order valence-electron chi connectivity index (χ4n) is 2.97. The second-order valence-electron chi connectivity index (χ2n) is 6.96. The maximum absolute atomic E-state index is 13.6. The largest absolute Gasteiger partial charge is 0.301 e. The van der Waals surface area contributed by atoms with Gasteiger partial charge < -0.3 is 4.57 Å². The highest BCUT2D eigenvalue weighted by Gasteiger charge is 2.30. The molecule has 2 N–H and O–H groups in total. The average Bonchev–Trinajstić information content (AvgIpc) is 3.53. The first-order valence-electron chi connectivity index (χ1n) is 9.55. The molecule has 0 radical (unpaired) electrons. The highest BCUT2D eigenvalue weighted by atomic mass is 32.2. The van der Waals surface area contributed by atoms with E-state index in [1.807, 2.05) is 34.9 Å². The smallest absolute Gasteiger partial charge is 0.272 e. The van der Waals surface area contributed by atoms with E-state index < -0.39 is 17.6 Å². The highest BCUT2D eigenvalue weighted by Crippen LogP contribution is 2.40. The number of rotatable bonds is 7. The Labute approximate surface area is 177 Å². The summed E-state index contributed by atoms with van der Waals surface area (Å²) in [7, 11) is 0. The van der Waals surface area contributed by atoms with Crippen LogP contribution in [0.4, 0.5) is 4.39 Å². The lowest BCUT2D eigenvalue weighted by atomic mass is 10.2. The van der Waals surface area contributed by atoms with Gasteiger partial charge in [-0.15, -0.1) is 10.2 Å². The molecule has 0 saturated heterocycles. The fraction of sp³-hybridized carbons (Fsp3) is 0.238. The third-order valence-electron chi connectivity index (χ3n) is 4.64. The van der Waals surface area contributed by atoms with Gasteiger partial charge in [-0.2, -0.15) is 0 Å². The van der Waals surface area contributed by atoms with Crippen molar-refractivity contribution < 1.29 is 14.0 Å². The van der Waals surface area contributed by atoms with Gasteiger partial charge in [0.25, 0.3) is 5.91 Å². The number of aromatic nitrogens is 3. The zero-order chi connectivity index (χ0) is 20.9. The fourth-order valence-corrected chi connectivity index (χ4v) is 3.72. The van der Waals surface area contributed by atoms with E-state index >= 15 is 0 Å². The van der Waals surface area contributed by atoms with Crippen LogP contribution < -0.4 is 10.9 Å². The van der Waals surface area contributed by atoms with Gasteiger partial charge in [0, 0.05) is 5.92 Å². The Kier molecular flexibility index (Phi) is 6.08. The van der Waals surface area contributed by atoms with Crippen molar-refractivity contribution in [2.24, 2.45) is 0 Å². The van der Waals surface area contributed by atoms with E-state index in [1.165, 1.54) is 30.0 Å². The van der Waals surface area contributed by atoms with Crippen LogP contribution in [0.25, 0.3) is 0 Å². The zero-order valence-corrected chi connectivity index (χ0v) is 16.9. The van der Waals surface area contributed by atoms with Gasteiger partial charge in [0.2, 0.25) is 5.91 Å². The van der Waals surface area contributed by atoms with E-state index in [0.717, 1.165) is 24.2 Å². The SMILES string of the molecule is O=C(CSc1nnc(C2CC2)n1Cc1ccccc1)NNC(=O)c1ccccc1F. The number of hydrogen-bond acceptors (Lipinski definition) is 5.